The molecule has 0 saturated carbocycles. The minimum absolute atomic E-state index is 0.0357. The van der Waals surface area contributed by atoms with E-state index in [4.69, 9.17) is 17.0 Å². The first-order chi connectivity index (χ1) is 4.64. The van der Waals surface area contributed by atoms with E-state index in [1.165, 1.54) is 11.8 Å². The van der Waals surface area contributed by atoms with Crippen LogP contribution in [-0.4, -0.2) is 16.8 Å². The van der Waals surface area contributed by atoms with Gasteiger partial charge in [-0.2, -0.15) is 5.11 Å². The lowest BCUT2D eigenvalue weighted by Gasteiger charge is -2.47. The van der Waals surface area contributed by atoms with E-state index in [-0.39, 0.29) is 16.2 Å². The molecule has 58 valence electrons. The van der Waals surface area contributed by atoms with E-state index in [9.17, 15) is 0 Å². The van der Waals surface area contributed by atoms with Crippen molar-refractivity contribution < 1.29 is 0 Å². The van der Waals surface area contributed by atoms with E-state index in [1.807, 2.05) is 6.92 Å². The first-order valence-electron chi connectivity index (χ1n) is 3.17. The molecular weight excluding hydrogens is 148 g/mol. The molecule has 3 atom stereocenters. The average Bonchev–Trinajstić information content (AvgIpc) is 1.98. The standard InChI is InChI=1S/C5H12N4S/c1-3-4(9-8)10-5(3,7)2-6/h3-4,8H,2,6-7H2,1H3/t3?,4?,5-/m1/s1. The summed E-state index contributed by atoms with van der Waals surface area (Å²) in [5.74, 6) is 0.236. The average molecular weight is 160 g/mol. The minimum atomic E-state index is -0.324. The number of rotatable bonds is 2. The predicted molar refractivity (Wildman–Crippen MR) is 41.7 cm³/mol. The second-order valence-electron chi connectivity index (χ2n) is 2.59. The SMILES string of the molecule is CC1C(N=N)S[C@]1(N)CN. The van der Waals surface area contributed by atoms with Gasteiger partial charge in [0.1, 0.15) is 5.37 Å². The highest BCUT2D eigenvalue weighted by Gasteiger charge is 2.49. The lowest BCUT2D eigenvalue weighted by atomic mass is 10.0. The van der Waals surface area contributed by atoms with Crippen LogP contribution in [0.1, 0.15) is 6.92 Å². The molecule has 0 amide bonds. The number of nitrogens with two attached hydrogens (primary N) is 2. The molecule has 1 aliphatic heterocycles. The summed E-state index contributed by atoms with van der Waals surface area (Å²) in [6.45, 7) is 2.44. The molecule has 0 aliphatic carbocycles. The molecule has 1 fully saturated rings. The third-order valence-electron chi connectivity index (χ3n) is 1.98. The Morgan fingerprint density at radius 2 is 2.40 bits per heavy atom. The van der Waals surface area contributed by atoms with Crippen LogP contribution in [0.2, 0.25) is 0 Å². The van der Waals surface area contributed by atoms with Crippen molar-refractivity contribution in [1.29, 1.82) is 5.53 Å². The van der Waals surface area contributed by atoms with Gasteiger partial charge in [0.2, 0.25) is 0 Å². The van der Waals surface area contributed by atoms with E-state index in [0.29, 0.717) is 6.54 Å². The molecule has 1 heterocycles. The third kappa shape index (κ3) is 0.941. The Morgan fingerprint density at radius 1 is 1.80 bits per heavy atom. The quantitative estimate of drug-likeness (QED) is 0.509. The molecule has 0 aromatic carbocycles. The molecule has 0 spiro atoms. The molecule has 2 unspecified atom stereocenters. The van der Waals surface area contributed by atoms with Crippen LogP contribution in [-0.2, 0) is 0 Å². The van der Waals surface area contributed by atoms with Gasteiger partial charge in [-0.05, 0) is 0 Å². The van der Waals surface area contributed by atoms with Crippen LogP contribution in [0.15, 0.2) is 5.11 Å². The lowest BCUT2D eigenvalue weighted by Crippen LogP contribution is -2.60. The third-order valence-corrected chi connectivity index (χ3v) is 3.72. The normalized spacial score (nSPS) is 46.3. The fraction of sp³-hybridized carbons (Fsp3) is 1.00. The van der Waals surface area contributed by atoms with Gasteiger partial charge in [0.25, 0.3) is 0 Å². The van der Waals surface area contributed by atoms with Crippen molar-refractivity contribution in [2.45, 2.75) is 17.2 Å². The number of thioether (sulfide) groups is 1. The molecule has 5 heteroatoms. The van der Waals surface area contributed by atoms with Gasteiger partial charge in [-0.15, -0.1) is 11.8 Å². The van der Waals surface area contributed by atoms with Crippen molar-refractivity contribution in [3.63, 3.8) is 0 Å². The summed E-state index contributed by atoms with van der Waals surface area (Å²) < 4.78 is 0. The monoisotopic (exact) mass is 160 g/mol. The summed E-state index contributed by atoms with van der Waals surface area (Å²) in [6.07, 6.45) is 0. The fourth-order valence-electron chi connectivity index (χ4n) is 0.975. The van der Waals surface area contributed by atoms with Gasteiger partial charge in [0.15, 0.2) is 0 Å². The highest BCUT2D eigenvalue weighted by Crippen LogP contribution is 2.47. The Morgan fingerprint density at radius 3 is 2.70 bits per heavy atom. The van der Waals surface area contributed by atoms with Crippen molar-refractivity contribution >= 4 is 11.8 Å². The zero-order chi connectivity index (χ0) is 7.78. The molecule has 1 aliphatic rings. The first kappa shape index (κ1) is 7.97. The second-order valence-corrected chi connectivity index (χ2v) is 4.06. The molecule has 0 aromatic rings. The zero-order valence-corrected chi connectivity index (χ0v) is 6.69. The van der Waals surface area contributed by atoms with Crippen LogP contribution < -0.4 is 11.5 Å². The summed E-state index contributed by atoms with van der Waals surface area (Å²) >= 11 is 1.48. The van der Waals surface area contributed by atoms with Gasteiger partial charge in [-0.25, -0.2) is 5.53 Å². The van der Waals surface area contributed by atoms with Crippen molar-refractivity contribution in [3.05, 3.63) is 0 Å². The number of nitrogens with zero attached hydrogens (tertiary/aromatic N) is 1. The summed E-state index contributed by atoms with van der Waals surface area (Å²) in [4.78, 5) is -0.324. The number of hydrogen-bond acceptors (Lipinski definition) is 5. The summed E-state index contributed by atoms with van der Waals surface area (Å²) in [5.41, 5.74) is 18.0. The maximum atomic E-state index is 6.75. The van der Waals surface area contributed by atoms with Gasteiger partial charge in [0, 0.05) is 12.5 Å². The zero-order valence-electron chi connectivity index (χ0n) is 5.87. The van der Waals surface area contributed by atoms with Crippen LogP contribution in [0.4, 0.5) is 0 Å². The molecule has 4 nitrogen and oxygen atoms in total. The maximum absolute atomic E-state index is 6.75. The van der Waals surface area contributed by atoms with Gasteiger partial charge in [-0.3, -0.25) is 0 Å². The largest absolute Gasteiger partial charge is 0.328 e. The Kier molecular flexibility index (Phi) is 1.98. The van der Waals surface area contributed by atoms with Crippen LogP contribution in [0.3, 0.4) is 0 Å². The minimum Gasteiger partial charge on any atom is -0.328 e. The van der Waals surface area contributed by atoms with Crippen molar-refractivity contribution in [2.75, 3.05) is 6.54 Å². The topological polar surface area (TPSA) is 88.2 Å². The summed E-state index contributed by atoms with van der Waals surface area (Å²) in [5, 5.41) is 3.43. The Balaban J connectivity index is 2.52. The number of hydrogen-bond donors (Lipinski definition) is 3. The van der Waals surface area contributed by atoms with Crippen molar-refractivity contribution in [1.82, 2.24) is 0 Å². The Hall–Kier alpha value is -0.130. The highest BCUT2D eigenvalue weighted by molar-refractivity contribution is 8.02. The highest BCUT2D eigenvalue weighted by atomic mass is 32.2. The van der Waals surface area contributed by atoms with Crippen molar-refractivity contribution in [2.24, 2.45) is 22.5 Å². The second kappa shape index (κ2) is 2.48. The van der Waals surface area contributed by atoms with Gasteiger partial charge in [0.05, 0.1) is 4.87 Å². The van der Waals surface area contributed by atoms with Crippen LogP contribution >= 0.6 is 11.8 Å². The van der Waals surface area contributed by atoms with Crippen LogP contribution in [0.5, 0.6) is 0 Å². The van der Waals surface area contributed by atoms with Crippen molar-refractivity contribution in [3.8, 4) is 0 Å². The lowest BCUT2D eigenvalue weighted by molar-refractivity contribution is 0.357. The molecule has 0 bridgehead atoms. The molecule has 5 N–H and O–H groups in total. The molecule has 1 rings (SSSR count). The van der Waals surface area contributed by atoms with E-state index >= 15 is 0 Å². The number of nitrogens with one attached hydrogen (secondary N) is 1. The van der Waals surface area contributed by atoms with Gasteiger partial charge >= 0.3 is 0 Å². The van der Waals surface area contributed by atoms with E-state index in [0.717, 1.165) is 0 Å². The molecular formula is C5H12N4S. The molecule has 1 saturated heterocycles. The molecule has 0 radical (unpaired) electrons. The predicted octanol–water partition coefficient (Wildman–Crippen LogP) is 0.340. The molecule has 10 heavy (non-hydrogen) atoms. The Labute approximate surface area is 64.2 Å². The van der Waals surface area contributed by atoms with Crippen LogP contribution in [0.25, 0.3) is 0 Å². The van der Waals surface area contributed by atoms with E-state index < -0.39 is 0 Å². The smallest absolute Gasteiger partial charge is 0.123 e. The first-order valence-corrected chi connectivity index (χ1v) is 4.05. The van der Waals surface area contributed by atoms with E-state index in [2.05, 4.69) is 5.11 Å². The Bertz CT molecular complexity index is 151. The van der Waals surface area contributed by atoms with Crippen LogP contribution in [0, 0.1) is 11.4 Å². The van der Waals surface area contributed by atoms with E-state index in [1.54, 1.807) is 0 Å². The molecule has 0 aromatic heterocycles. The van der Waals surface area contributed by atoms with Gasteiger partial charge < -0.3 is 11.5 Å². The summed E-state index contributed by atoms with van der Waals surface area (Å²) in [6, 6.07) is 0. The summed E-state index contributed by atoms with van der Waals surface area (Å²) in [7, 11) is 0. The maximum Gasteiger partial charge on any atom is 0.123 e. The van der Waals surface area contributed by atoms with Gasteiger partial charge in [-0.1, -0.05) is 6.92 Å². The fourth-order valence-corrected chi connectivity index (χ4v) is 2.14.